The highest BCUT2D eigenvalue weighted by molar-refractivity contribution is 6.16. The summed E-state index contributed by atoms with van der Waals surface area (Å²) in [6.07, 6.45) is 0. The standard InChI is InChI=1S/C28H33NO7/c1-16(26(34)35)15-36-29-25(33)20-13-12-19(24(32)28(5,6)7)14-21(20)22(30)17-8-10-18(11-9-17)23(31)27(2,3)4/h8-14,16H,15H2,1-7H3,(H,29,33)(H,34,35). The molecular weight excluding hydrogens is 462 g/mol. The lowest BCUT2D eigenvalue weighted by molar-refractivity contribution is -0.144. The molecule has 0 aromatic heterocycles. The maximum absolute atomic E-state index is 13.5. The first kappa shape index (κ1) is 28.6. The highest BCUT2D eigenvalue weighted by Gasteiger charge is 2.27. The molecular formula is C28H33NO7. The Morgan fingerprint density at radius 3 is 1.75 bits per heavy atom. The summed E-state index contributed by atoms with van der Waals surface area (Å²) >= 11 is 0. The van der Waals surface area contributed by atoms with Crippen LogP contribution in [0.1, 0.15) is 95.5 Å². The van der Waals surface area contributed by atoms with Crippen molar-refractivity contribution in [2.24, 2.45) is 16.7 Å². The molecule has 0 fully saturated rings. The molecule has 0 aliphatic rings. The van der Waals surface area contributed by atoms with E-state index in [-0.39, 0.29) is 40.4 Å². The van der Waals surface area contributed by atoms with Gasteiger partial charge in [0.15, 0.2) is 17.3 Å². The van der Waals surface area contributed by atoms with E-state index in [1.807, 2.05) is 0 Å². The summed E-state index contributed by atoms with van der Waals surface area (Å²) in [5.41, 5.74) is 1.76. The number of carbonyl (C=O) groups is 5. The summed E-state index contributed by atoms with van der Waals surface area (Å²) in [4.78, 5) is 67.6. The van der Waals surface area contributed by atoms with Gasteiger partial charge in [-0.2, -0.15) is 0 Å². The lowest BCUT2D eigenvalue weighted by Crippen LogP contribution is -2.29. The number of ketones is 3. The fourth-order valence-electron chi connectivity index (χ4n) is 3.22. The van der Waals surface area contributed by atoms with E-state index in [1.54, 1.807) is 53.7 Å². The fourth-order valence-corrected chi connectivity index (χ4v) is 3.22. The van der Waals surface area contributed by atoms with E-state index in [1.165, 1.54) is 37.3 Å². The van der Waals surface area contributed by atoms with Crippen molar-refractivity contribution in [3.8, 4) is 0 Å². The summed E-state index contributed by atoms with van der Waals surface area (Å²) in [5, 5.41) is 8.96. The number of rotatable bonds is 9. The van der Waals surface area contributed by atoms with Gasteiger partial charge in [0.1, 0.15) is 0 Å². The molecule has 1 atom stereocenters. The smallest absolute Gasteiger partial charge is 0.308 e. The molecule has 0 spiro atoms. The van der Waals surface area contributed by atoms with Gasteiger partial charge in [0.05, 0.1) is 18.1 Å². The van der Waals surface area contributed by atoms with Crippen LogP contribution in [0.2, 0.25) is 0 Å². The quantitative estimate of drug-likeness (QED) is 0.379. The second-order valence-electron chi connectivity index (χ2n) is 10.8. The maximum atomic E-state index is 13.5. The van der Waals surface area contributed by atoms with Crippen LogP contribution >= 0.6 is 0 Å². The molecule has 0 heterocycles. The molecule has 36 heavy (non-hydrogen) atoms. The normalized spacial score (nSPS) is 12.5. The van der Waals surface area contributed by atoms with Crippen molar-refractivity contribution < 1.29 is 33.9 Å². The molecule has 192 valence electrons. The molecule has 2 aromatic carbocycles. The molecule has 2 aromatic rings. The molecule has 0 radical (unpaired) electrons. The lowest BCUT2D eigenvalue weighted by Gasteiger charge is -2.18. The van der Waals surface area contributed by atoms with Crippen molar-refractivity contribution >= 4 is 29.2 Å². The summed E-state index contributed by atoms with van der Waals surface area (Å²) < 4.78 is 0. The Bertz CT molecular complexity index is 1180. The lowest BCUT2D eigenvalue weighted by atomic mass is 9.84. The average molecular weight is 496 g/mol. The number of carboxylic acid groups (broad SMARTS) is 1. The number of hydrogen-bond donors (Lipinski definition) is 2. The number of aliphatic carboxylic acids is 1. The highest BCUT2D eigenvalue weighted by Crippen LogP contribution is 2.25. The highest BCUT2D eigenvalue weighted by atomic mass is 16.7. The summed E-state index contributed by atoms with van der Waals surface area (Å²) in [6.45, 7) is 11.8. The van der Waals surface area contributed by atoms with E-state index in [2.05, 4.69) is 5.48 Å². The monoisotopic (exact) mass is 495 g/mol. The van der Waals surface area contributed by atoms with Gasteiger partial charge in [-0.15, -0.1) is 0 Å². The van der Waals surface area contributed by atoms with Gasteiger partial charge in [0.2, 0.25) is 0 Å². The van der Waals surface area contributed by atoms with Crippen molar-refractivity contribution in [2.75, 3.05) is 6.61 Å². The van der Waals surface area contributed by atoms with Crippen molar-refractivity contribution in [1.82, 2.24) is 5.48 Å². The molecule has 0 saturated heterocycles. The number of amides is 1. The maximum Gasteiger partial charge on any atom is 0.308 e. The van der Waals surface area contributed by atoms with Gasteiger partial charge < -0.3 is 5.11 Å². The third kappa shape index (κ3) is 6.95. The minimum absolute atomic E-state index is 0.0209. The number of carboxylic acids is 1. The van der Waals surface area contributed by atoms with Crippen LogP contribution in [0.5, 0.6) is 0 Å². The number of nitrogens with one attached hydrogen (secondary N) is 1. The average Bonchev–Trinajstić information content (AvgIpc) is 2.80. The molecule has 2 rings (SSSR count). The van der Waals surface area contributed by atoms with Crippen molar-refractivity contribution in [3.63, 3.8) is 0 Å². The molecule has 0 bridgehead atoms. The van der Waals surface area contributed by atoms with Gasteiger partial charge in [-0.25, -0.2) is 5.48 Å². The molecule has 1 amide bonds. The Balaban J connectivity index is 2.45. The third-order valence-electron chi connectivity index (χ3n) is 5.46. The van der Waals surface area contributed by atoms with Crippen LogP contribution in [-0.4, -0.2) is 40.9 Å². The minimum Gasteiger partial charge on any atom is -0.481 e. The molecule has 0 saturated carbocycles. The predicted octanol–water partition coefficient (Wildman–Crippen LogP) is 4.76. The number of carbonyl (C=O) groups excluding carboxylic acids is 4. The van der Waals surface area contributed by atoms with Gasteiger partial charge in [0.25, 0.3) is 5.91 Å². The summed E-state index contributed by atoms with van der Waals surface area (Å²) in [6, 6.07) is 10.3. The van der Waals surface area contributed by atoms with Gasteiger partial charge >= 0.3 is 5.97 Å². The first-order valence-electron chi connectivity index (χ1n) is 11.6. The van der Waals surface area contributed by atoms with E-state index in [4.69, 9.17) is 9.94 Å². The first-order valence-corrected chi connectivity index (χ1v) is 11.6. The summed E-state index contributed by atoms with van der Waals surface area (Å²) in [5.74, 6) is -3.50. The van der Waals surface area contributed by atoms with Crippen LogP contribution in [-0.2, 0) is 9.63 Å². The van der Waals surface area contributed by atoms with Crippen LogP contribution in [0, 0.1) is 16.7 Å². The van der Waals surface area contributed by atoms with Crippen LogP contribution in [0.4, 0.5) is 0 Å². The van der Waals surface area contributed by atoms with Gasteiger partial charge in [-0.3, -0.25) is 28.8 Å². The van der Waals surface area contributed by atoms with Crippen molar-refractivity contribution in [1.29, 1.82) is 0 Å². The zero-order chi connectivity index (χ0) is 27.4. The molecule has 0 aliphatic heterocycles. The van der Waals surface area contributed by atoms with Crippen LogP contribution < -0.4 is 5.48 Å². The Morgan fingerprint density at radius 1 is 0.778 bits per heavy atom. The van der Waals surface area contributed by atoms with Gasteiger partial charge in [0, 0.05) is 33.1 Å². The van der Waals surface area contributed by atoms with E-state index < -0.39 is 34.4 Å². The third-order valence-corrected chi connectivity index (χ3v) is 5.46. The number of hydrogen-bond acceptors (Lipinski definition) is 6. The Morgan fingerprint density at radius 2 is 1.25 bits per heavy atom. The number of hydroxylamine groups is 1. The van der Waals surface area contributed by atoms with Crippen LogP contribution in [0.15, 0.2) is 42.5 Å². The zero-order valence-electron chi connectivity index (χ0n) is 21.7. The minimum atomic E-state index is -1.08. The zero-order valence-corrected chi connectivity index (χ0v) is 21.7. The largest absolute Gasteiger partial charge is 0.481 e. The topological polar surface area (TPSA) is 127 Å². The Labute approximate surface area is 211 Å². The second-order valence-corrected chi connectivity index (χ2v) is 10.8. The molecule has 2 N–H and O–H groups in total. The first-order chi connectivity index (χ1) is 16.5. The van der Waals surface area contributed by atoms with E-state index in [0.717, 1.165) is 0 Å². The van der Waals surface area contributed by atoms with E-state index in [9.17, 15) is 24.0 Å². The number of Topliss-reactive ketones (excluding diaryl/α,β-unsaturated/α-hetero) is 2. The van der Waals surface area contributed by atoms with E-state index >= 15 is 0 Å². The Kier molecular flexibility index (Phi) is 8.70. The molecule has 1 unspecified atom stereocenters. The van der Waals surface area contributed by atoms with Crippen LogP contribution in [0.25, 0.3) is 0 Å². The van der Waals surface area contributed by atoms with Crippen molar-refractivity contribution in [3.05, 3.63) is 70.3 Å². The van der Waals surface area contributed by atoms with Gasteiger partial charge in [-0.1, -0.05) is 71.9 Å². The second kappa shape index (κ2) is 11.0. The van der Waals surface area contributed by atoms with Gasteiger partial charge in [-0.05, 0) is 19.1 Å². The fraction of sp³-hybridized carbons (Fsp3) is 0.393. The summed E-state index contributed by atoms with van der Waals surface area (Å²) in [7, 11) is 0. The van der Waals surface area contributed by atoms with E-state index in [0.29, 0.717) is 5.56 Å². The Hall–Kier alpha value is -3.65. The number of benzene rings is 2. The molecule has 8 heteroatoms. The predicted molar refractivity (Wildman–Crippen MR) is 134 cm³/mol. The molecule has 8 nitrogen and oxygen atoms in total. The van der Waals surface area contributed by atoms with Crippen LogP contribution in [0.3, 0.4) is 0 Å². The van der Waals surface area contributed by atoms with Crippen molar-refractivity contribution in [2.45, 2.75) is 48.5 Å². The SMILES string of the molecule is CC(CONC(=O)c1ccc(C(=O)C(C)(C)C)cc1C(=O)c1ccc(C(=O)C(C)(C)C)cc1)C(=O)O. The molecule has 0 aliphatic carbocycles.